The highest BCUT2D eigenvalue weighted by Gasteiger charge is 2.62. The largest absolute Gasteiger partial charge is 0.457 e. The fraction of sp³-hybridized carbons (Fsp3) is 0.485. The molecule has 0 bridgehead atoms. The van der Waals surface area contributed by atoms with Crippen molar-refractivity contribution in [1.29, 1.82) is 0 Å². The van der Waals surface area contributed by atoms with Crippen LogP contribution in [0.4, 0.5) is 13.2 Å². The Morgan fingerprint density at radius 3 is 2.37 bits per heavy atom. The van der Waals surface area contributed by atoms with Crippen LogP contribution in [-0.4, -0.2) is 53.8 Å². The van der Waals surface area contributed by atoms with Crippen molar-refractivity contribution in [2.75, 3.05) is 13.1 Å². The molecule has 230 valence electrons. The maximum Gasteiger partial charge on any atom is 0.421 e. The van der Waals surface area contributed by atoms with Crippen LogP contribution in [0, 0.1) is 5.92 Å². The first-order chi connectivity index (χ1) is 20.4. The van der Waals surface area contributed by atoms with E-state index in [2.05, 4.69) is 5.32 Å². The number of alkyl halides is 3. The standard InChI is InChI=1S/C33H37F3N2O5/c1-22(39)42-27-12-8-11-26(18-27)31-15-6-7-16-32(31,43-23(2)40)21-38(20-25-13-14-25)29(19-31)37-30(41)28(33(34,35)36)17-24-9-4-3-5-10-24/h3-5,8-12,17-18,25,29H,6-7,13-16,19-21H2,1-2H3,(H,37,41)/t29-,31-,32?/m0/s1. The maximum atomic E-state index is 14.2. The summed E-state index contributed by atoms with van der Waals surface area (Å²) in [5, 5.41) is 2.75. The Bertz CT molecular complexity index is 1390. The molecule has 1 aliphatic heterocycles. The third-order valence-electron chi connectivity index (χ3n) is 8.88. The fourth-order valence-electron chi connectivity index (χ4n) is 6.91. The quantitative estimate of drug-likeness (QED) is 0.230. The number of carbonyl (C=O) groups excluding carboxylic acids is 3. The molecule has 0 spiro atoms. The fourth-order valence-corrected chi connectivity index (χ4v) is 6.91. The molecule has 2 aromatic rings. The van der Waals surface area contributed by atoms with Gasteiger partial charge >= 0.3 is 18.1 Å². The number of esters is 2. The first-order valence-electron chi connectivity index (χ1n) is 14.8. The minimum atomic E-state index is -4.88. The number of fused-ring (bicyclic) bond motifs is 1. The first-order valence-corrected chi connectivity index (χ1v) is 14.8. The van der Waals surface area contributed by atoms with Gasteiger partial charge in [-0.15, -0.1) is 0 Å². The van der Waals surface area contributed by atoms with Crippen molar-refractivity contribution in [3.8, 4) is 5.75 Å². The smallest absolute Gasteiger partial charge is 0.421 e. The Hall–Kier alpha value is -3.66. The van der Waals surface area contributed by atoms with Crippen LogP contribution in [0.15, 0.2) is 60.2 Å². The molecule has 1 saturated heterocycles. The SMILES string of the molecule is CC(=O)Oc1cccc([C@@]23CCCCC2(OC(C)=O)CN(CC2CC2)[C@H](NC(=O)C(=Cc2ccccc2)C(F)(F)F)C3)c1. The molecule has 1 amide bonds. The molecule has 1 heterocycles. The molecule has 0 radical (unpaired) electrons. The predicted molar refractivity (Wildman–Crippen MR) is 154 cm³/mol. The van der Waals surface area contributed by atoms with Crippen molar-refractivity contribution in [2.45, 2.75) is 82.2 Å². The first kappa shape index (κ1) is 30.8. The molecule has 2 saturated carbocycles. The zero-order valence-electron chi connectivity index (χ0n) is 24.4. The van der Waals surface area contributed by atoms with Crippen molar-refractivity contribution < 1.29 is 37.0 Å². The second-order valence-electron chi connectivity index (χ2n) is 12.0. The average molecular weight is 599 g/mol. The molecule has 0 aromatic heterocycles. The van der Waals surface area contributed by atoms with Gasteiger partial charge in [0.15, 0.2) is 0 Å². The van der Waals surface area contributed by atoms with Gasteiger partial charge in [0.1, 0.15) is 16.9 Å². The number of benzene rings is 2. The summed E-state index contributed by atoms with van der Waals surface area (Å²) in [5.41, 5.74) is -2.07. The zero-order valence-corrected chi connectivity index (χ0v) is 24.4. The number of nitrogens with zero attached hydrogens (tertiary/aromatic N) is 1. The normalized spacial score (nSPS) is 26.3. The maximum absolute atomic E-state index is 14.2. The lowest BCUT2D eigenvalue weighted by molar-refractivity contribution is -0.193. The highest BCUT2D eigenvalue weighted by Crippen LogP contribution is 2.55. The summed E-state index contributed by atoms with van der Waals surface area (Å²) >= 11 is 0. The van der Waals surface area contributed by atoms with E-state index in [9.17, 15) is 27.6 Å². The number of ether oxygens (including phenoxy) is 2. The van der Waals surface area contributed by atoms with Gasteiger partial charge in [0, 0.05) is 32.4 Å². The highest BCUT2D eigenvalue weighted by molar-refractivity contribution is 5.99. The Labute approximate surface area is 249 Å². The Morgan fingerprint density at radius 1 is 1.00 bits per heavy atom. The van der Waals surface area contributed by atoms with Gasteiger partial charge in [-0.3, -0.25) is 19.3 Å². The molecule has 10 heteroatoms. The van der Waals surface area contributed by atoms with E-state index < -0.39 is 46.8 Å². The number of hydrogen-bond acceptors (Lipinski definition) is 6. The number of piperidine rings is 1. The summed E-state index contributed by atoms with van der Waals surface area (Å²) in [6.45, 7) is 3.50. The second-order valence-corrected chi connectivity index (χ2v) is 12.0. The van der Waals surface area contributed by atoms with E-state index in [1.54, 1.807) is 36.4 Å². The Balaban J connectivity index is 1.57. The van der Waals surface area contributed by atoms with Crippen LogP contribution in [0.5, 0.6) is 5.75 Å². The summed E-state index contributed by atoms with van der Waals surface area (Å²) < 4.78 is 54.4. The topological polar surface area (TPSA) is 84.9 Å². The van der Waals surface area contributed by atoms with E-state index in [4.69, 9.17) is 9.47 Å². The molecule has 7 nitrogen and oxygen atoms in total. The van der Waals surface area contributed by atoms with E-state index in [0.717, 1.165) is 37.3 Å². The molecule has 1 unspecified atom stereocenters. The van der Waals surface area contributed by atoms with Crippen molar-refractivity contribution in [2.24, 2.45) is 5.92 Å². The zero-order chi connectivity index (χ0) is 30.8. The summed E-state index contributed by atoms with van der Waals surface area (Å²) in [4.78, 5) is 39.8. The summed E-state index contributed by atoms with van der Waals surface area (Å²) in [6, 6.07) is 15.0. The van der Waals surface area contributed by atoms with Crippen molar-refractivity contribution in [1.82, 2.24) is 10.2 Å². The van der Waals surface area contributed by atoms with Crippen LogP contribution >= 0.6 is 0 Å². The van der Waals surface area contributed by atoms with Crippen LogP contribution in [0.2, 0.25) is 0 Å². The van der Waals surface area contributed by atoms with E-state index in [1.165, 1.54) is 26.0 Å². The number of halogens is 3. The predicted octanol–water partition coefficient (Wildman–Crippen LogP) is 5.93. The van der Waals surface area contributed by atoms with Crippen LogP contribution in [0.25, 0.3) is 6.08 Å². The van der Waals surface area contributed by atoms with E-state index in [-0.39, 0.29) is 18.5 Å². The molecule has 5 rings (SSSR count). The van der Waals surface area contributed by atoms with Crippen LogP contribution in [-0.2, 0) is 24.5 Å². The van der Waals surface area contributed by atoms with Crippen LogP contribution in [0.3, 0.4) is 0 Å². The van der Waals surface area contributed by atoms with Gasteiger partial charge < -0.3 is 14.8 Å². The van der Waals surface area contributed by atoms with Crippen molar-refractivity contribution in [3.63, 3.8) is 0 Å². The third-order valence-corrected chi connectivity index (χ3v) is 8.88. The number of hydrogen-bond donors (Lipinski definition) is 1. The van der Waals surface area contributed by atoms with E-state index in [1.807, 2.05) is 11.0 Å². The van der Waals surface area contributed by atoms with Crippen molar-refractivity contribution >= 4 is 23.9 Å². The lowest BCUT2D eigenvalue weighted by Crippen LogP contribution is -2.71. The van der Waals surface area contributed by atoms with Gasteiger partial charge in [0.2, 0.25) is 0 Å². The monoisotopic (exact) mass is 598 g/mol. The van der Waals surface area contributed by atoms with Crippen LogP contribution < -0.4 is 10.1 Å². The van der Waals surface area contributed by atoms with Gasteiger partial charge in [-0.1, -0.05) is 48.9 Å². The lowest BCUT2D eigenvalue weighted by Gasteiger charge is -2.60. The van der Waals surface area contributed by atoms with Gasteiger partial charge in [0.25, 0.3) is 5.91 Å². The number of carbonyl (C=O) groups is 3. The number of likely N-dealkylation sites (tertiary alicyclic amines) is 1. The average Bonchev–Trinajstić information content (AvgIpc) is 3.75. The molecule has 2 aromatic carbocycles. The summed E-state index contributed by atoms with van der Waals surface area (Å²) in [7, 11) is 0. The van der Waals surface area contributed by atoms with E-state index >= 15 is 0 Å². The Morgan fingerprint density at radius 2 is 1.72 bits per heavy atom. The molecular weight excluding hydrogens is 561 g/mol. The third kappa shape index (κ3) is 6.79. The van der Waals surface area contributed by atoms with Gasteiger partial charge in [-0.25, -0.2) is 0 Å². The minimum Gasteiger partial charge on any atom is -0.457 e. The molecule has 3 fully saturated rings. The molecule has 2 aliphatic carbocycles. The number of rotatable bonds is 8. The van der Waals surface area contributed by atoms with Crippen molar-refractivity contribution in [3.05, 3.63) is 71.3 Å². The molecule has 1 N–H and O–H groups in total. The van der Waals surface area contributed by atoms with Gasteiger partial charge in [0.05, 0.1) is 6.17 Å². The lowest BCUT2D eigenvalue weighted by atomic mass is 9.55. The summed E-state index contributed by atoms with van der Waals surface area (Å²) in [6.07, 6.45) is 0.199. The number of nitrogens with one attached hydrogen (secondary N) is 1. The second kappa shape index (κ2) is 12.1. The highest BCUT2D eigenvalue weighted by atomic mass is 19.4. The number of amides is 1. The van der Waals surface area contributed by atoms with E-state index in [0.29, 0.717) is 31.1 Å². The molecular formula is C33H37F3N2O5. The summed E-state index contributed by atoms with van der Waals surface area (Å²) in [5.74, 6) is -1.45. The Kier molecular flexibility index (Phi) is 8.70. The van der Waals surface area contributed by atoms with Crippen LogP contribution in [0.1, 0.15) is 69.9 Å². The molecule has 3 atom stereocenters. The molecule has 43 heavy (non-hydrogen) atoms. The van der Waals surface area contributed by atoms with Gasteiger partial charge in [-0.2, -0.15) is 13.2 Å². The minimum absolute atomic E-state index is 0.221. The van der Waals surface area contributed by atoms with Gasteiger partial charge in [-0.05, 0) is 73.8 Å². The molecule has 3 aliphatic rings.